The Hall–Kier alpha value is -2.25. The van der Waals surface area contributed by atoms with Crippen LogP contribution in [-0.2, 0) is 0 Å². The first-order chi connectivity index (χ1) is 12.2. The second-order valence-electron chi connectivity index (χ2n) is 5.24. The average Bonchev–Trinajstić information content (AvgIpc) is 2.58. The smallest absolute Gasteiger partial charge is 0.305 e. The highest BCUT2D eigenvalue weighted by Crippen LogP contribution is 2.32. The molecule has 0 aliphatic rings. The van der Waals surface area contributed by atoms with Crippen LogP contribution in [0.4, 0.5) is 23.7 Å². The van der Waals surface area contributed by atoms with E-state index < -0.39 is 35.0 Å². The molecule has 2 rings (SSSR count). The lowest BCUT2D eigenvalue weighted by Crippen LogP contribution is -2.40. The standard InChI is InChI=1S/C17H13Cl2F3N2O2/c1-3-24(16(25)13-10(20)5-4-6-11(13)21)17(26)23-12-7-9(18)8(2)14(19)15(12)22/h4-7H,3H2,1-2H3,(H,23,26). The lowest BCUT2D eigenvalue weighted by molar-refractivity contribution is 0.0809. The van der Waals surface area contributed by atoms with Gasteiger partial charge in [0.2, 0.25) is 0 Å². The molecule has 138 valence electrons. The number of imide groups is 1. The molecule has 0 unspecified atom stereocenters. The third-order valence-electron chi connectivity index (χ3n) is 3.61. The first kappa shape index (κ1) is 20.1. The van der Waals surface area contributed by atoms with Gasteiger partial charge in [-0.1, -0.05) is 29.3 Å². The van der Waals surface area contributed by atoms with Crippen LogP contribution in [0.15, 0.2) is 24.3 Å². The number of nitrogens with one attached hydrogen (secondary N) is 1. The fraction of sp³-hybridized carbons (Fsp3) is 0.176. The minimum atomic E-state index is -1.20. The van der Waals surface area contributed by atoms with Crippen molar-refractivity contribution in [1.82, 2.24) is 4.90 Å². The second-order valence-corrected chi connectivity index (χ2v) is 6.02. The van der Waals surface area contributed by atoms with Gasteiger partial charge in [-0.15, -0.1) is 0 Å². The van der Waals surface area contributed by atoms with Crippen molar-refractivity contribution in [2.24, 2.45) is 0 Å². The van der Waals surface area contributed by atoms with Crippen molar-refractivity contribution in [3.63, 3.8) is 0 Å². The van der Waals surface area contributed by atoms with Crippen molar-refractivity contribution in [2.45, 2.75) is 13.8 Å². The predicted molar refractivity (Wildman–Crippen MR) is 93.2 cm³/mol. The number of carbonyl (C=O) groups excluding carboxylic acids is 2. The highest BCUT2D eigenvalue weighted by Gasteiger charge is 2.27. The van der Waals surface area contributed by atoms with E-state index in [2.05, 4.69) is 5.32 Å². The fourth-order valence-corrected chi connectivity index (χ4v) is 2.63. The molecule has 0 atom stereocenters. The molecule has 26 heavy (non-hydrogen) atoms. The van der Waals surface area contributed by atoms with E-state index in [1.165, 1.54) is 13.8 Å². The zero-order chi connectivity index (χ0) is 19.6. The normalized spacial score (nSPS) is 10.6. The summed E-state index contributed by atoms with van der Waals surface area (Å²) in [6.45, 7) is 2.69. The molecule has 9 heteroatoms. The van der Waals surface area contributed by atoms with Crippen LogP contribution in [0.3, 0.4) is 0 Å². The lowest BCUT2D eigenvalue weighted by Gasteiger charge is -2.21. The molecule has 0 aliphatic carbocycles. The average molecular weight is 405 g/mol. The number of urea groups is 1. The maximum absolute atomic E-state index is 14.2. The summed E-state index contributed by atoms with van der Waals surface area (Å²) in [5.41, 5.74) is -0.971. The van der Waals surface area contributed by atoms with Crippen LogP contribution in [-0.4, -0.2) is 23.4 Å². The SMILES string of the molecule is CCN(C(=O)Nc1cc(Cl)c(C)c(Cl)c1F)C(=O)c1c(F)cccc1F. The van der Waals surface area contributed by atoms with Crippen LogP contribution in [0.5, 0.6) is 0 Å². The molecule has 2 aromatic carbocycles. The van der Waals surface area contributed by atoms with Crippen LogP contribution in [0.2, 0.25) is 10.0 Å². The molecular formula is C17H13Cl2F3N2O2. The Morgan fingerprint density at radius 2 is 1.73 bits per heavy atom. The van der Waals surface area contributed by atoms with Crippen molar-refractivity contribution < 1.29 is 22.8 Å². The summed E-state index contributed by atoms with van der Waals surface area (Å²) in [6.07, 6.45) is 0. The van der Waals surface area contributed by atoms with Gasteiger partial charge in [0.05, 0.1) is 10.7 Å². The number of nitrogens with zero attached hydrogens (tertiary/aromatic N) is 1. The van der Waals surface area contributed by atoms with Crippen LogP contribution in [0.1, 0.15) is 22.8 Å². The minimum absolute atomic E-state index is 0.0984. The molecule has 4 nitrogen and oxygen atoms in total. The van der Waals surface area contributed by atoms with Gasteiger partial charge in [0.15, 0.2) is 5.82 Å². The van der Waals surface area contributed by atoms with E-state index in [-0.39, 0.29) is 27.8 Å². The van der Waals surface area contributed by atoms with Crippen LogP contribution in [0.25, 0.3) is 0 Å². The van der Waals surface area contributed by atoms with E-state index in [4.69, 9.17) is 23.2 Å². The Labute approximate surface area is 157 Å². The number of carbonyl (C=O) groups is 2. The Balaban J connectivity index is 2.34. The van der Waals surface area contributed by atoms with E-state index in [1.54, 1.807) is 0 Å². The molecule has 0 fully saturated rings. The molecule has 0 saturated carbocycles. The zero-order valence-corrected chi connectivity index (χ0v) is 15.2. The Kier molecular flexibility index (Phi) is 6.15. The fourth-order valence-electron chi connectivity index (χ4n) is 2.18. The largest absolute Gasteiger partial charge is 0.328 e. The van der Waals surface area contributed by atoms with Crippen molar-refractivity contribution in [2.75, 3.05) is 11.9 Å². The summed E-state index contributed by atoms with van der Waals surface area (Å²) >= 11 is 11.7. The maximum Gasteiger partial charge on any atom is 0.328 e. The predicted octanol–water partition coefficient (Wildman–Crippen LogP) is 5.41. The number of anilines is 1. The number of hydrogen-bond donors (Lipinski definition) is 1. The monoisotopic (exact) mass is 404 g/mol. The van der Waals surface area contributed by atoms with Gasteiger partial charge < -0.3 is 5.32 Å². The molecule has 3 amide bonds. The lowest BCUT2D eigenvalue weighted by atomic mass is 10.1. The summed E-state index contributed by atoms with van der Waals surface area (Å²) in [7, 11) is 0. The summed E-state index contributed by atoms with van der Waals surface area (Å²) in [5.74, 6) is -4.38. The molecule has 0 saturated heterocycles. The van der Waals surface area contributed by atoms with E-state index >= 15 is 0 Å². The molecule has 0 heterocycles. The van der Waals surface area contributed by atoms with E-state index in [1.807, 2.05) is 0 Å². The summed E-state index contributed by atoms with van der Waals surface area (Å²) < 4.78 is 41.8. The summed E-state index contributed by atoms with van der Waals surface area (Å²) in [6, 6.07) is 2.90. The van der Waals surface area contributed by atoms with Crippen LogP contribution < -0.4 is 5.32 Å². The van der Waals surface area contributed by atoms with Gasteiger partial charge in [-0.05, 0) is 37.6 Å². The highest BCUT2D eigenvalue weighted by atomic mass is 35.5. The van der Waals surface area contributed by atoms with Gasteiger partial charge in [0, 0.05) is 11.6 Å². The number of hydrogen-bond acceptors (Lipinski definition) is 2. The van der Waals surface area contributed by atoms with Gasteiger partial charge in [-0.2, -0.15) is 0 Å². The van der Waals surface area contributed by atoms with Crippen molar-refractivity contribution in [3.05, 3.63) is 62.9 Å². The van der Waals surface area contributed by atoms with Crippen molar-refractivity contribution in [3.8, 4) is 0 Å². The summed E-state index contributed by atoms with van der Waals surface area (Å²) in [5, 5.41) is 1.95. The quantitative estimate of drug-likeness (QED) is 0.694. The van der Waals surface area contributed by atoms with Gasteiger partial charge in [-0.3, -0.25) is 9.69 Å². The minimum Gasteiger partial charge on any atom is -0.305 e. The van der Waals surface area contributed by atoms with Gasteiger partial charge in [0.25, 0.3) is 5.91 Å². The summed E-state index contributed by atoms with van der Waals surface area (Å²) in [4.78, 5) is 25.2. The van der Waals surface area contributed by atoms with Crippen LogP contribution >= 0.6 is 23.2 Å². The van der Waals surface area contributed by atoms with Gasteiger partial charge in [-0.25, -0.2) is 18.0 Å². The zero-order valence-electron chi connectivity index (χ0n) is 13.7. The molecule has 2 aromatic rings. The first-order valence-electron chi connectivity index (χ1n) is 7.40. The molecule has 0 radical (unpaired) electrons. The Bertz CT molecular complexity index is 871. The van der Waals surface area contributed by atoms with Crippen molar-refractivity contribution >= 4 is 40.8 Å². The second kappa shape index (κ2) is 7.97. The molecular weight excluding hydrogens is 392 g/mol. The number of benzene rings is 2. The first-order valence-corrected chi connectivity index (χ1v) is 8.15. The molecule has 0 aliphatic heterocycles. The van der Waals surface area contributed by atoms with Gasteiger partial charge in [0.1, 0.15) is 17.2 Å². The number of rotatable bonds is 3. The van der Waals surface area contributed by atoms with E-state index in [9.17, 15) is 22.8 Å². The third kappa shape index (κ3) is 3.78. The van der Waals surface area contributed by atoms with Gasteiger partial charge >= 0.3 is 6.03 Å². The number of halogens is 5. The number of amides is 3. The maximum atomic E-state index is 14.2. The molecule has 1 N–H and O–H groups in total. The van der Waals surface area contributed by atoms with E-state index in [0.717, 1.165) is 24.3 Å². The van der Waals surface area contributed by atoms with Crippen molar-refractivity contribution in [1.29, 1.82) is 0 Å². The third-order valence-corrected chi connectivity index (χ3v) is 4.45. The Morgan fingerprint density at radius 1 is 1.15 bits per heavy atom. The molecule has 0 bridgehead atoms. The highest BCUT2D eigenvalue weighted by molar-refractivity contribution is 6.36. The molecule has 0 spiro atoms. The van der Waals surface area contributed by atoms with Crippen LogP contribution in [0, 0.1) is 24.4 Å². The topological polar surface area (TPSA) is 49.4 Å². The van der Waals surface area contributed by atoms with E-state index in [0.29, 0.717) is 4.90 Å². The molecule has 0 aromatic heterocycles. The Morgan fingerprint density at radius 3 is 2.27 bits per heavy atom.